The molecule has 0 radical (unpaired) electrons. The summed E-state index contributed by atoms with van der Waals surface area (Å²) in [4.78, 5) is 11.8. The van der Waals surface area contributed by atoms with Gasteiger partial charge in [0.1, 0.15) is 5.82 Å². The molecule has 1 aromatic carbocycles. The number of hydrogen-bond acceptors (Lipinski definition) is 2. The standard InChI is InChI=1S/C14H19BrF2N2O/c1-14(2,3)7-9(18)6-12(20)19-13-10(15)4-8(16)5-11(13)17/h4-5,9H,6-7,18H2,1-3H3,(H,19,20). The third-order valence-corrected chi connectivity index (χ3v) is 3.22. The molecule has 1 unspecified atom stereocenters. The number of hydrogen-bond donors (Lipinski definition) is 2. The maximum atomic E-state index is 13.6. The van der Waals surface area contributed by atoms with Crippen molar-refractivity contribution in [2.45, 2.75) is 39.7 Å². The van der Waals surface area contributed by atoms with Crippen LogP contribution >= 0.6 is 15.9 Å². The minimum Gasteiger partial charge on any atom is -0.327 e. The van der Waals surface area contributed by atoms with E-state index in [-0.39, 0.29) is 28.0 Å². The van der Waals surface area contributed by atoms with E-state index in [0.29, 0.717) is 6.42 Å². The van der Waals surface area contributed by atoms with Crippen molar-refractivity contribution in [3.05, 3.63) is 28.2 Å². The first-order valence-electron chi connectivity index (χ1n) is 6.28. The molecule has 0 aliphatic heterocycles. The van der Waals surface area contributed by atoms with Crippen LogP contribution in [0.1, 0.15) is 33.6 Å². The summed E-state index contributed by atoms with van der Waals surface area (Å²) in [6.45, 7) is 6.09. The minimum atomic E-state index is -0.824. The predicted molar refractivity (Wildman–Crippen MR) is 79.4 cm³/mol. The Bertz CT molecular complexity index is 477. The van der Waals surface area contributed by atoms with Crippen LogP contribution in [-0.2, 0) is 4.79 Å². The quantitative estimate of drug-likeness (QED) is 0.868. The normalized spacial score (nSPS) is 13.2. The second-order valence-electron chi connectivity index (χ2n) is 6.02. The maximum Gasteiger partial charge on any atom is 0.226 e. The Labute approximate surface area is 126 Å². The van der Waals surface area contributed by atoms with Gasteiger partial charge in [0, 0.05) is 23.0 Å². The zero-order valence-corrected chi connectivity index (χ0v) is 13.4. The molecule has 1 atom stereocenters. The van der Waals surface area contributed by atoms with Crippen LogP contribution in [0, 0.1) is 17.0 Å². The average molecular weight is 349 g/mol. The molecule has 0 aromatic heterocycles. The topological polar surface area (TPSA) is 55.1 Å². The second-order valence-corrected chi connectivity index (χ2v) is 6.88. The molecule has 1 rings (SSSR count). The Kier molecular flexibility index (Phi) is 5.65. The summed E-state index contributed by atoms with van der Waals surface area (Å²) in [6, 6.07) is 1.50. The molecule has 112 valence electrons. The lowest BCUT2D eigenvalue weighted by Crippen LogP contribution is -2.31. The number of benzene rings is 1. The molecule has 0 aliphatic carbocycles. The number of nitrogens with two attached hydrogens (primary N) is 1. The third-order valence-electron chi connectivity index (χ3n) is 2.59. The molecule has 3 N–H and O–H groups in total. The maximum absolute atomic E-state index is 13.6. The van der Waals surface area contributed by atoms with Crippen molar-refractivity contribution in [2.24, 2.45) is 11.1 Å². The molecule has 0 saturated carbocycles. The van der Waals surface area contributed by atoms with Crippen LogP contribution in [0.4, 0.5) is 14.5 Å². The van der Waals surface area contributed by atoms with Gasteiger partial charge < -0.3 is 11.1 Å². The highest BCUT2D eigenvalue weighted by atomic mass is 79.9. The highest BCUT2D eigenvalue weighted by Crippen LogP contribution is 2.27. The molecule has 1 amide bonds. The Balaban J connectivity index is 2.68. The number of carbonyl (C=O) groups is 1. The van der Waals surface area contributed by atoms with Crippen molar-refractivity contribution in [2.75, 3.05) is 5.32 Å². The van der Waals surface area contributed by atoms with Gasteiger partial charge in [-0.05, 0) is 33.8 Å². The van der Waals surface area contributed by atoms with Crippen LogP contribution in [0.5, 0.6) is 0 Å². The van der Waals surface area contributed by atoms with E-state index in [1.54, 1.807) is 0 Å². The van der Waals surface area contributed by atoms with E-state index >= 15 is 0 Å². The summed E-state index contributed by atoms with van der Waals surface area (Å²) in [5, 5.41) is 2.41. The van der Waals surface area contributed by atoms with Crippen LogP contribution in [0.25, 0.3) is 0 Å². The Morgan fingerprint density at radius 3 is 2.50 bits per heavy atom. The molecule has 0 spiro atoms. The summed E-state index contributed by atoms with van der Waals surface area (Å²) in [6.07, 6.45) is 0.758. The molecule has 0 aliphatic rings. The summed E-state index contributed by atoms with van der Waals surface area (Å²) in [5.41, 5.74) is 5.83. The van der Waals surface area contributed by atoms with Gasteiger partial charge in [0.05, 0.1) is 5.69 Å². The second kappa shape index (κ2) is 6.63. The molecular weight excluding hydrogens is 330 g/mol. The fourth-order valence-corrected chi connectivity index (χ4v) is 2.46. The molecule has 20 heavy (non-hydrogen) atoms. The first kappa shape index (κ1) is 17.0. The number of halogens is 3. The van der Waals surface area contributed by atoms with E-state index < -0.39 is 17.5 Å². The van der Waals surface area contributed by atoms with Crippen LogP contribution in [0.3, 0.4) is 0 Å². The van der Waals surface area contributed by atoms with E-state index in [0.717, 1.165) is 12.1 Å². The zero-order valence-electron chi connectivity index (χ0n) is 11.8. The van der Waals surface area contributed by atoms with Gasteiger partial charge in [0.25, 0.3) is 0 Å². The monoisotopic (exact) mass is 348 g/mol. The zero-order chi connectivity index (χ0) is 15.5. The highest BCUT2D eigenvalue weighted by Gasteiger charge is 2.19. The van der Waals surface area contributed by atoms with Gasteiger partial charge >= 0.3 is 0 Å². The average Bonchev–Trinajstić information content (AvgIpc) is 2.20. The molecule has 0 heterocycles. The van der Waals surface area contributed by atoms with Gasteiger partial charge in [-0.3, -0.25) is 4.79 Å². The van der Waals surface area contributed by atoms with Gasteiger partial charge in [-0.25, -0.2) is 8.78 Å². The molecule has 6 heteroatoms. The lowest BCUT2D eigenvalue weighted by Gasteiger charge is -2.22. The molecule has 0 fully saturated rings. The van der Waals surface area contributed by atoms with E-state index in [1.165, 1.54) is 0 Å². The van der Waals surface area contributed by atoms with Crippen LogP contribution in [-0.4, -0.2) is 11.9 Å². The van der Waals surface area contributed by atoms with E-state index in [4.69, 9.17) is 5.73 Å². The number of amides is 1. The van der Waals surface area contributed by atoms with Gasteiger partial charge in [-0.15, -0.1) is 0 Å². The first-order chi connectivity index (χ1) is 9.08. The van der Waals surface area contributed by atoms with Crippen molar-refractivity contribution < 1.29 is 13.6 Å². The number of carbonyl (C=O) groups excluding carboxylic acids is 1. The molecule has 3 nitrogen and oxygen atoms in total. The third kappa shape index (κ3) is 5.54. The van der Waals surface area contributed by atoms with Gasteiger partial charge in [-0.1, -0.05) is 20.8 Å². The molecule has 0 saturated heterocycles. The lowest BCUT2D eigenvalue weighted by molar-refractivity contribution is -0.116. The van der Waals surface area contributed by atoms with E-state index in [2.05, 4.69) is 21.2 Å². The molecule has 0 bridgehead atoms. The van der Waals surface area contributed by atoms with Crippen molar-refractivity contribution in [3.63, 3.8) is 0 Å². The van der Waals surface area contributed by atoms with Gasteiger partial charge in [0.2, 0.25) is 5.91 Å². The van der Waals surface area contributed by atoms with Crippen LogP contribution in [0.15, 0.2) is 16.6 Å². The summed E-state index contributed by atoms with van der Waals surface area (Å²) < 4.78 is 26.7. The largest absolute Gasteiger partial charge is 0.327 e. The Morgan fingerprint density at radius 2 is 2.00 bits per heavy atom. The van der Waals surface area contributed by atoms with Crippen molar-refractivity contribution in [3.8, 4) is 0 Å². The number of rotatable bonds is 4. The van der Waals surface area contributed by atoms with E-state index in [9.17, 15) is 13.6 Å². The highest BCUT2D eigenvalue weighted by molar-refractivity contribution is 9.10. The minimum absolute atomic E-state index is 0.0153. The number of anilines is 1. The lowest BCUT2D eigenvalue weighted by atomic mass is 9.87. The van der Waals surface area contributed by atoms with Gasteiger partial charge in [0.15, 0.2) is 5.82 Å². The summed E-state index contributed by atoms with van der Waals surface area (Å²) in [7, 11) is 0. The molecular formula is C14H19BrF2N2O. The predicted octanol–water partition coefficient (Wildman–Crippen LogP) is 3.82. The fourth-order valence-electron chi connectivity index (χ4n) is 1.95. The van der Waals surface area contributed by atoms with Crippen molar-refractivity contribution >= 4 is 27.5 Å². The summed E-state index contributed by atoms with van der Waals surface area (Å²) >= 11 is 3.02. The first-order valence-corrected chi connectivity index (χ1v) is 7.08. The van der Waals surface area contributed by atoms with Gasteiger partial charge in [-0.2, -0.15) is 0 Å². The van der Waals surface area contributed by atoms with Crippen molar-refractivity contribution in [1.82, 2.24) is 0 Å². The Hall–Kier alpha value is -1.01. The molecule has 1 aromatic rings. The Morgan fingerprint density at radius 1 is 1.40 bits per heavy atom. The smallest absolute Gasteiger partial charge is 0.226 e. The fraction of sp³-hybridized carbons (Fsp3) is 0.500. The SMILES string of the molecule is CC(C)(C)CC(N)CC(=O)Nc1c(F)cc(F)cc1Br. The van der Waals surface area contributed by atoms with Crippen LogP contribution < -0.4 is 11.1 Å². The van der Waals surface area contributed by atoms with E-state index in [1.807, 2.05) is 20.8 Å². The van der Waals surface area contributed by atoms with Crippen molar-refractivity contribution in [1.29, 1.82) is 0 Å². The summed E-state index contributed by atoms with van der Waals surface area (Å²) in [5.74, 6) is -1.93. The number of nitrogens with one attached hydrogen (secondary N) is 1. The van der Waals surface area contributed by atoms with Crippen LogP contribution in [0.2, 0.25) is 0 Å².